The number of furan rings is 1. The van der Waals surface area contributed by atoms with Gasteiger partial charge >= 0.3 is 0 Å². The van der Waals surface area contributed by atoms with Gasteiger partial charge in [0.15, 0.2) is 0 Å². The molecule has 6 nitrogen and oxygen atoms in total. The minimum Gasteiger partial charge on any atom is -0.467 e. The second-order valence-electron chi connectivity index (χ2n) is 5.90. The van der Waals surface area contributed by atoms with Gasteiger partial charge in [-0.3, -0.25) is 4.79 Å². The lowest BCUT2D eigenvalue weighted by Crippen LogP contribution is -2.41. The van der Waals surface area contributed by atoms with Crippen molar-refractivity contribution < 1.29 is 14.3 Å². The lowest BCUT2D eigenvalue weighted by atomic mass is 10.0. The monoisotopic (exact) mass is 315 g/mol. The van der Waals surface area contributed by atoms with E-state index in [4.69, 9.17) is 4.42 Å². The summed E-state index contributed by atoms with van der Waals surface area (Å²) in [7, 11) is 0. The van der Waals surface area contributed by atoms with Crippen LogP contribution < -0.4 is 0 Å². The van der Waals surface area contributed by atoms with Gasteiger partial charge in [0.25, 0.3) is 5.91 Å². The summed E-state index contributed by atoms with van der Waals surface area (Å²) in [6.45, 7) is 0.705. The predicted octanol–water partition coefficient (Wildman–Crippen LogP) is 2.58. The number of hydrogen-bond acceptors (Lipinski definition) is 5. The normalized spacial score (nSPS) is 20.0. The zero-order chi connectivity index (χ0) is 16.1. The quantitative estimate of drug-likeness (QED) is 0.938. The van der Waals surface area contributed by atoms with E-state index in [0.29, 0.717) is 24.3 Å². The van der Waals surface area contributed by atoms with E-state index in [1.54, 1.807) is 24.5 Å². The van der Waals surface area contributed by atoms with Crippen LogP contribution in [0.4, 0.5) is 0 Å². The maximum Gasteiger partial charge on any atom is 0.255 e. The Hall–Kier alpha value is -2.21. The molecule has 1 aliphatic heterocycles. The van der Waals surface area contributed by atoms with Gasteiger partial charge < -0.3 is 14.4 Å². The number of carbonyl (C=O) groups is 1. The lowest BCUT2D eigenvalue weighted by Gasteiger charge is -2.31. The molecule has 1 fully saturated rings. The fourth-order valence-electron chi connectivity index (χ4n) is 3.13. The third kappa shape index (κ3) is 3.76. The lowest BCUT2D eigenvalue weighted by molar-refractivity contribution is 0.0557. The zero-order valence-electron chi connectivity index (χ0n) is 13.0. The molecule has 0 aromatic carbocycles. The van der Waals surface area contributed by atoms with Crippen LogP contribution in [0.15, 0.2) is 41.3 Å². The Balaban J connectivity index is 1.76. The number of nitrogens with zero attached hydrogens (tertiary/aromatic N) is 3. The highest BCUT2D eigenvalue weighted by atomic mass is 16.4. The topological polar surface area (TPSA) is 79.5 Å². The molecule has 23 heavy (non-hydrogen) atoms. The smallest absolute Gasteiger partial charge is 0.255 e. The molecule has 2 aromatic heterocycles. The Labute approximate surface area is 135 Å². The second-order valence-corrected chi connectivity index (χ2v) is 5.90. The van der Waals surface area contributed by atoms with Crippen LogP contribution in [0, 0.1) is 0 Å². The van der Waals surface area contributed by atoms with Crippen molar-refractivity contribution in [3.8, 4) is 0 Å². The number of carbonyl (C=O) groups excluding carboxylic acids is 1. The number of hydrogen-bond donors (Lipinski definition) is 1. The van der Waals surface area contributed by atoms with Gasteiger partial charge in [-0.15, -0.1) is 0 Å². The number of rotatable bonds is 4. The van der Waals surface area contributed by atoms with Gasteiger partial charge in [0.1, 0.15) is 11.9 Å². The number of aliphatic hydroxyl groups is 1. The average Bonchev–Trinajstić information content (AvgIpc) is 3.03. The average molecular weight is 315 g/mol. The van der Waals surface area contributed by atoms with Gasteiger partial charge in [-0.25, -0.2) is 0 Å². The fraction of sp³-hybridized carbons (Fsp3) is 0.471. The van der Waals surface area contributed by atoms with Gasteiger partial charge in [-0.2, -0.15) is 10.2 Å². The third-order valence-electron chi connectivity index (χ3n) is 4.34. The summed E-state index contributed by atoms with van der Waals surface area (Å²) < 4.78 is 5.28. The third-order valence-corrected chi connectivity index (χ3v) is 4.34. The Bertz CT molecular complexity index is 615. The van der Waals surface area contributed by atoms with Crippen LogP contribution in [0.2, 0.25) is 0 Å². The van der Waals surface area contributed by atoms with Crippen molar-refractivity contribution in [1.82, 2.24) is 15.1 Å². The van der Waals surface area contributed by atoms with Crippen LogP contribution in [0.5, 0.6) is 0 Å². The van der Waals surface area contributed by atoms with Crippen molar-refractivity contribution in [2.75, 3.05) is 6.54 Å². The molecule has 2 atom stereocenters. The summed E-state index contributed by atoms with van der Waals surface area (Å²) in [6.07, 6.45) is 8.40. The molecule has 0 radical (unpaired) electrons. The first-order valence-corrected chi connectivity index (χ1v) is 8.05. The van der Waals surface area contributed by atoms with Crippen molar-refractivity contribution in [2.24, 2.45) is 0 Å². The SMILES string of the molecule is O=C(c1ccnnc1)N1CCCCC[C@H]1C[C@H](O)c1ccco1. The first kappa shape index (κ1) is 15.7. The molecule has 1 N–H and O–H groups in total. The Morgan fingerprint density at radius 3 is 3.00 bits per heavy atom. The predicted molar refractivity (Wildman–Crippen MR) is 83.6 cm³/mol. The van der Waals surface area contributed by atoms with Crippen LogP contribution in [-0.2, 0) is 0 Å². The summed E-state index contributed by atoms with van der Waals surface area (Å²) in [4.78, 5) is 14.7. The van der Waals surface area contributed by atoms with Crippen molar-refractivity contribution in [3.63, 3.8) is 0 Å². The summed E-state index contributed by atoms with van der Waals surface area (Å²) in [5.41, 5.74) is 0.541. The van der Waals surface area contributed by atoms with Crippen LogP contribution in [-0.4, -0.2) is 38.7 Å². The molecule has 3 heterocycles. The first-order chi connectivity index (χ1) is 11.3. The summed E-state index contributed by atoms with van der Waals surface area (Å²) in [6, 6.07) is 5.20. The van der Waals surface area contributed by atoms with Crippen LogP contribution >= 0.6 is 0 Å². The van der Waals surface area contributed by atoms with Crippen molar-refractivity contribution in [3.05, 3.63) is 48.2 Å². The molecular formula is C17H21N3O3. The van der Waals surface area contributed by atoms with E-state index < -0.39 is 6.10 Å². The van der Waals surface area contributed by atoms with Crippen molar-refractivity contribution in [1.29, 1.82) is 0 Å². The molecule has 0 saturated carbocycles. The minimum atomic E-state index is -0.695. The van der Waals surface area contributed by atoms with E-state index in [9.17, 15) is 9.90 Å². The molecule has 1 saturated heterocycles. The molecule has 1 amide bonds. The molecule has 0 unspecified atom stereocenters. The summed E-state index contributed by atoms with van der Waals surface area (Å²) >= 11 is 0. The van der Waals surface area contributed by atoms with E-state index in [-0.39, 0.29) is 11.9 Å². The highest BCUT2D eigenvalue weighted by molar-refractivity contribution is 5.94. The molecule has 122 valence electrons. The van der Waals surface area contributed by atoms with Crippen molar-refractivity contribution >= 4 is 5.91 Å². The molecule has 1 aliphatic rings. The first-order valence-electron chi connectivity index (χ1n) is 8.05. The molecular weight excluding hydrogens is 294 g/mol. The van der Waals surface area contributed by atoms with Gasteiger partial charge in [-0.05, 0) is 31.0 Å². The standard InChI is InChI=1S/C17H21N3O3/c21-15(16-6-4-10-23-16)11-14-5-2-1-3-9-20(14)17(22)13-7-8-18-19-12-13/h4,6-8,10,12,14-15,21H,1-3,5,9,11H2/t14-,15-/m0/s1. The fourth-order valence-corrected chi connectivity index (χ4v) is 3.13. The minimum absolute atomic E-state index is 0.00161. The molecule has 3 rings (SSSR count). The number of aliphatic hydroxyl groups excluding tert-OH is 1. The van der Waals surface area contributed by atoms with E-state index in [0.717, 1.165) is 25.7 Å². The molecule has 2 aromatic rings. The van der Waals surface area contributed by atoms with E-state index in [2.05, 4.69) is 10.2 Å². The van der Waals surface area contributed by atoms with Gasteiger partial charge in [0, 0.05) is 19.0 Å². The van der Waals surface area contributed by atoms with Crippen molar-refractivity contribution in [2.45, 2.75) is 44.2 Å². The van der Waals surface area contributed by atoms with Gasteiger partial charge in [0.2, 0.25) is 0 Å². The maximum absolute atomic E-state index is 12.8. The van der Waals surface area contributed by atoms with Gasteiger partial charge in [-0.1, -0.05) is 12.8 Å². The van der Waals surface area contributed by atoms with E-state index >= 15 is 0 Å². The molecule has 0 spiro atoms. The van der Waals surface area contributed by atoms with Crippen LogP contribution in [0.3, 0.4) is 0 Å². The molecule has 0 bridgehead atoms. The summed E-state index contributed by atoms with van der Waals surface area (Å²) in [5.74, 6) is 0.505. The Kier molecular flexibility index (Phi) is 5.02. The summed E-state index contributed by atoms with van der Waals surface area (Å²) in [5, 5.41) is 17.9. The Morgan fingerprint density at radius 2 is 2.26 bits per heavy atom. The number of amides is 1. The highest BCUT2D eigenvalue weighted by Gasteiger charge is 2.29. The number of likely N-dealkylation sites (tertiary alicyclic amines) is 1. The molecule has 0 aliphatic carbocycles. The van der Waals surface area contributed by atoms with Crippen LogP contribution in [0.1, 0.15) is 54.3 Å². The number of aromatic nitrogens is 2. The molecule has 6 heteroatoms. The second kappa shape index (κ2) is 7.37. The largest absolute Gasteiger partial charge is 0.467 e. The Morgan fingerprint density at radius 1 is 1.35 bits per heavy atom. The maximum atomic E-state index is 12.8. The zero-order valence-corrected chi connectivity index (χ0v) is 13.0. The van der Waals surface area contributed by atoms with Crippen LogP contribution in [0.25, 0.3) is 0 Å². The van der Waals surface area contributed by atoms with E-state index in [1.807, 2.05) is 4.90 Å². The van der Waals surface area contributed by atoms with E-state index in [1.165, 1.54) is 12.4 Å². The highest BCUT2D eigenvalue weighted by Crippen LogP contribution is 2.27. The van der Waals surface area contributed by atoms with Gasteiger partial charge in [0.05, 0.1) is 24.2 Å².